The minimum Gasteiger partial charge on any atom is -0.507 e. The number of amides is 1. The maximum atomic E-state index is 11.7. The zero-order chi connectivity index (χ0) is 14.5. The van der Waals surface area contributed by atoms with Gasteiger partial charge in [-0.2, -0.15) is 0 Å². The fourth-order valence-corrected chi connectivity index (χ4v) is 2.39. The van der Waals surface area contributed by atoms with Crippen LogP contribution in [0.2, 0.25) is 5.02 Å². The van der Waals surface area contributed by atoms with E-state index in [9.17, 15) is 14.7 Å². The standard InChI is InChI=1S/C14H16ClNO4/c15-9-5-6-12(17)11(7-9)14(19)20-8-13(18)16-10-3-1-2-4-10/h5-7,10,17H,1-4,8H2,(H,16,18). The first-order chi connectivity index (χ1) is 9.56. The Morgan fingerprint density at radius 2 is 2.05 bits per heavy atom. The molecule has 5 nitrogen and oxygen atoms in total. The molecule has 20 heavy (non-hydrogen) atoms. The molecule has 0 aromatic heterocycles. The first-order valence-electron chi connectivity index (χ1n) is 6.51. The van der Waals surface area contributed by atoms with E-state index in [1.807, 2.05) is 0 Å². The number of rotatable bonds is 4. The SMILES string of the molecule is O=C(COC(=O)c1cc(Cl)ccc1O)NC1CCCC1. The van der Waals surface area contributed by atoms with Crippen LogP contribution in [0.25, 0.3) is 0 Å². The van der Waals surface area contributed by atoms with Crippen LogP contribution in [0.15, 0.2) is 18.2 Å². The lowest BCUT2D eigenvalue weighted by Crippen LogP contribution is -2.35. The number of aromatic hydroxyl groups is 1. The van der Waals surface area contributed by atoms with Crippen molar-refractivity contribution in [3.63, 3.8) is 0 Å². The molecule has 0 heterocycles. The Morgan fingerprint density at radius 1 is 1.35 bits per heavy atom. The van der Waals surface area contributed by atoms with Crippen molar-refractivity contribution in [2.24, 2.45) is 0 Å². The van der Waals surface area contributed by atoms with Gasteiger partial charge in [-0.1, -0.05) is 24.4 Å². The van der Waals surface area contributed by atoms with E-state index >= 15 is 0 Å². The van der Waals surface area contributed by atoms with Gasteiger partial charge in [-0.05, 0) is 31.0 Å². The Bertz CT molecular complexity index is 512. The van der Waals surface area contributed by atoms with Crippen LogP contribution in [0.3, 0.4) is 0 Å². The summed E-state index contributed by atoms with van der Waals surface area (Å²) in [5.41, 5.74) is -0.0498. The number of carbonyl (C=O) groups is 2. The summed E-state index contributed by atoms with van der Waals surface area (Å²) in [6.07, 6.45) is 4.16. The Balaban J connectivity index is 1.85. The number of benzene rings is 1. The number of hydrogen-bond donors (Lipinski definition) is 2. The van der Waals surface area contributed by atoms with Crippen molar-refractivity contribution in [3.05, 3.63) is 28.8 Å². The van der Waals surface area contributed by atoms with Gasteiger partial charge in [-0.25, -0.2) is 4.79 Å². The zero-order valence-electron chi connectivity index (χ0n) is 10.9. The van der Waals surface area contributed by atoms with Crippen molar-refractivity contribution in [2.45, 2.75) is 31.7 Å². The van der Waals surface area contributed by atoms with Gasteiger partial charge in [0.25, 0.3) is 5.91 Å². The first-order valence-corrected chi connectivity index (χ1v) is 6.89. The second-order valence-electron chi connectivity index (χ2n) is 4.79. The molecule has 1 fully saturated rings. The quantitative estimate of drug-likeness (QED) is 0.836. The topological polar surface area (TPSA) is 75.6 Å². The van der Waals surface area contributed by atoms with Gasteiger partial charge in [-0.15, -0.1) is 0 Å². The number of carbonyl (C=O) groups excluding carboxylic acids is 2. The second-order valence-corrected chi connectivity index (χ2v) is 5.22. The van der Waals surface area contributed by atoms with E-state index in [2.05, 4.69) is 5.32 Å². The van der Waals surface area contributed by atoms with E-state index in [1.165, 1.54) is 18.2 Å². The van der Waals surface area contributed by atoms with Crippen LogP contribution in [-0.2, 0) is 9.53 Å². The fourth-order valence-electron chi connectivity index (χ4n) is 2.22. The third kappa shape index (κ3) is 3.87. The van der Waals surface area contributed by atoms with Crippen LogP contribution < -0.4 is 5.32 Å². The Labute approximate surface area is 121 Å². The lowest BCUT2D eigenvalue weighted by Gasteiger charge is -2.12. The van der Waals surface area contributed by atoms with Gasteiger partial charge < -0.3 is 15.2 Å². The van der Waals surface area contributed by atoms with E-state index < -0.39 is 5.97 Å². The van der Waals surface area contributed by atoms with Crippen molar-refractivity contribution < 1.29 is 19.4 Å². The molecule has 0 radical (unpaired) electrons. The summed E-state index contributed by atoms with van der Waals surface area (Å²) in [4.78, 5) is 23.3. The van der Waals surface area contributed by atoms with Crippen LogP contribution in [-0.4, -0.2) is 29.6 Å². The first kappa shape index (κ1) is 14.7. The summed E-state index contributed by atoms with van der Waals surface area (Å²) in [6, 6.07) is 4.24. The molecule has 1 aliphatic rings. The molecule has 1 amide bonds. The average molecular weight is 298 g/mol. The van der Waals surface area contributed by atoms with Gasteiger partial charge in [0, 0.05) is 11.1 Å². The van der Waals surface area contributed by atoms with E-state index in [-0.39, 0.29) is 29.9 Å². The number of phenolic OH excluding ortho intramolecular Hbond substituents is 1. The number of phenols is 1. The van der Waals surface area contributed by atoms with Crippen LogP contribution in [0.5, 0.6) is 5.75 Å². The minimum absolute atomic E-state index is 0.0498. The average Bonchev–Trinajstić information content (AvgIpc) is 2.91. The van der Waals surface area contributed by atoms with Crippen LogP contribution in [0, 0.1) is 0 Å². The normalized spacial score (nSPS) is 15.1. The zero-order valence-corrected chi connectivity index (χ0v) is 11.7. The van der Waals surface area contributed by atoms with Crippen molar-refractivity contribution in [3.8, 4) is 5.75 Å². The molecule has 2 rings (SSSR count). The molecule has 2 N–H and O–H groups in total. The molecule has 0 saturated heterocycles. The maximum absolute atomic E-state index is 11.7. The molecule has 1 aromatic rings. The highest BCUT2D eigenvalue weighted by atomic mass is 35.5. The number of hydrogen-bond acceptors (Lipinski definition) is 4. The van der Waals surface area contributed by atoms with E-state index in [0.29, 0.717) is 5.02 Å². The molecule has 1 aromatic carbocycles. The summed E-state index contributed by atoms with van der Waals surface area (Å²) >= 11 is 5.74. The maximum Gasteiger partial charge on any atom is 0.342 e. The summed E-state index contributed by atoms with van der Waals surface area (Å²) in [7, 11) is 0. The number of ether oxygens (including phenoxy) is 1. The summed E-state index contributed by atoms with van der Waals surface area (Å²) in [5.74, 6) is -1.33. The van der Waals surface area contributed by atoms with E-state index in [4.69, 9.17) is 16.3 Å². The Morgan fingerprint density at radius 3 is 2.75 bits per heavy atom. The lowest BCUT2D eigenvalue weighted by molar-refractivity contribution is -0.124. The summed E-state index contributed by atoms with van der Waals surface area (Å²) in [6.45, 7) is -0.360. The number of nitrogens with one attached hydrogen (secondary N) is 1. The van der Waals surface area contributed by atoms with Crippen LogP contribution in [0.4, 0.5) is 0 Å². The van der Waals surface area contributed by atoms with E-state index in [1.54, 1.807) is 0 Å². The monoisotopic (exact) mass is 297 g/mol. The van der Waals surface area contributed by atoms with E-state index in [0.717, 1.165) is 25.7 Å². The minimum atomic E-state index is -0.772. The summed E-state index contributed by atoms with van der Waals surface area (Å²) < 4.78 is 4.87. The summed E-state index contributed by atoms with van der Waals surface area (Å²) in [5, 5.41) is 12.7. The molecule has 1 saturated carbocycles. The molecule has 0 spiro atoms. The van der Waals surface area contributed by atoms with Crippen molar-refractivity contribution >= 4 is 23.5 Å². The predicted molar refractivity (Wildman–Crippen MR) is 73.8 cm³/mol. The smallest absolute Gasteiger partial charge is 0.342 e. The molecule has 0 unspecified atom stereocenters. The molecule has 6 heteroatoms. The highest BCUT2D eigenvalue weighted by Gasteiger charge is 2.19. The van der Waals surface area contributed by atoms with Gasteiger partial charge in [0.15, 0.2) is 6.61 Å². The highest BCUT2D eigenvalue weighted by Crippen LogP contribution is 2.22. The number of halogens is 1. The molecule has 0 aliphatic heterocycles. The van der Waals surface area contributed by atoms with Crippen LogP contribution >= 0.6 is 11.6 Å². The van der Waals surface area contributed by atoms with Crippen molar-refractivity contribution in [1.29, 1.82) is 0 Å². The third-order valence-electron chi connectivity index (χ3n) is 3.23. The molecule has 0 atom stereocenters. The van der Waals surface area contributed by atoms with Crippen LogP contribution in [0.1, 0.15) is 36.0 Å². The lowest BCUT2D eigenvalue weighted by atomic mass is 10.2. The van der Waals surface area contributed by atoms with Crippen molar-refractivity contribution in [1.82, 2.24) is 5.32 Å². The molecule has 0 bridgehead atoms. The molecular weight excluding hydrogens is 282 g/mol. The van der Waals surface area contributed by atoms with Gasteiger partial charge >= 0.3 is 5.97 Å². The Hall–Kier alpha value is -1.75. The fraction of sp³-hybridized carbons (Fsp3) is 0.429. The number of esters is 1. The predicted octanol–water partition coefficient (Wildman–Crippen LogP) is 2.26. The van der Waals surface area contributed by atoms with Gasteiger partial charge in [0.05, 0.1) is 0 Å². The second kappa shape index (κ2) is 6.61. The molecular formula is C14H16ClNO4. The van der Waals surface area contributed by atoms with Gasteiger partial charge in [0.2, 0.25) is 0 Å². The molecule has 108 valence electrons. The van der Waals surface area contributed by atoms with Crippen molar-refractivity contribution in [2.75, 3.05) is 6.61 Å². The Kier molecular flexibility index (Phi) is 4.84. The van der Waals surface area contributed by atoms with Gasteiger partial charge in [0.1, 0.15) is 11.3 Å². The molecule has 1 aliphatic carbocycles. The highest BCUT2D eigenvalue weighted by molar-refractivity contribution is 6.31. The largest absolute Gasteiger partial charge is 0.507 e. The third-order valence-corrected chi connectivity index (χ3v) is 3.47. The van der Waals surface area contributed by atoms with Gasteiger partial charge in [-0.3, -0.25) is 4.79 Å².